The van der Waals surface area contributed by atoms with Gasteiger partial charge in [0.2, 0.25) is 0 Å². The fourth-order valence-corrected chi connectivity index (χ4v) is 14.1. The first-order valence-electron chi connectivity index (χ1n) is 24.9. The van der Waals surface area contributed by atoms with E-state index < -0.39 is 86.6 Å². The van der Waals surface area contributed by atoms with Crippen molar-refractivity contribution in [3.05, 3.63) is 179 Å². The van der Waals surface area contributed by atoms with Crippen molar-refractivity contribution >= 4 is 36.4 Å². The van der Waals surface area contributed by atoms with Gasteiger partial charge in [-0.1, -0.05) is 178 Å². The second-order valence-electron chi connectivity index (χ2n) is 19.3. The summed E-state index contributed by atoms with van der Waals surface area (Å²) in [5.74, 6) is -1.68. The van der Waals surface area contributed by atoms with Crippen molar-refractivity contribution in [3.63, 3.8) is 0 Å². The van der Waals surface area contributed by atoms with Crippen LogP contribution in [0.4, 0.5) is 0 Å². The molecule has 10 atom stereocenters. The third-order valence-electron chi connectivity index (χ3n) is 13.0. The highest BCUT2D eigenvalue weighted by molar-refractivity contribution is 6.99. The lowest BCUT2D eigenvalue weighted by Gasteiger charge is -2.50. The van der Waals surface area contributed by atoms with Gasteiger partial charge in [-0.05, 0) is 44.6 Å². The molecule has 5 aromatic rings. The van der Waals surface area contributed by atoms with E-state index in [4.69, 9.17) is 47.1 Å². The first-order valence-corrected chi connectivity index (χ1v) is 26.8. The quantitative estimate of drug-likeness (QED) is 0.0189. The van der Waals surface area contributed by atoms with E-state index in [1.54, 1.807) is 0 Å². The van der Waals surface area contributed by atoms with Crippen LogP contribution in [0.5, 0.6) is 0 Å². The number of rotatable bonds is 24. The van der Waals surface area contributed by atoms with Crippen molar-refractivity contribution in [3.8, 4) is 0 Å². The lowest BCUT2D eigenvalue weighted by Crippen LogP contribution is -2.69. The molecule has 2 aliphatic rings. The fourth-order valence-electron chi connectivity index (χ4n) is 9.54. The van der Waals surface area contributed by atoms with E-state index in [9.17, 15) is 19.9 Å². The van der Waals surface area contributed by atoms with Gasteiger partial charge < -0.3 is 51.9 Å². The second-order valence-corrected chi connectivity index (χ2v) is 23.7. The maximum atomic E-state index is 13.9. The van der Waals surface area contributed by atoms with E-state index in [0.29, 0.717) is 0 Å². The molecule has 16 nitrogen and oxygen atoms in total. The molecule has 74 heavy (non-hydrogen) atoms. The maximum absolute atomic E-state index is 13.9. The number of benzene rings is 5. The summed E-state index contributed by atoms with van der Waals surface area (Å²) in [5.41, 5.74) is 12.7. The molecule has 2 heterocycles. The van der Waals surface area contributed by atoms with E-state index >= 15 is 0 Å². The van der Waals surface area contributed by atoms with Gasteiger partial charge in [0.05, 0.1) is 39.5 Å². The smallest absolute Gasteiger partial charge is 0.306 e. The van der Waals surface area contributed by atoms with E-state index in [1.807, 2.05) is 127 Å². The molecule has 2 fully saturated rings. The van der Waals surface area contributed by atoms with Gasteiger partial charge in [0.15, 0.2) is 18.7 Å². The zero-order chi connectivity index (χ0) is 52.5. The number of carbonyl (C=O) groups is 3. The number of azide groups is 1. The molecule has 5 aromatic carbocycles. The number of ether oxygens (including phenoxy) is 9. The average molecular weight is 1030 g/mol. The average Bonchev–Trinajstić information content (AvgIpc) is 3.40. The molecule has 0 N–H and O–H groups in total. The molecule has 392 valence electrons. The van der Waals surface area contributed by atoms with E-state index in [1.165, 1.54) is 21.0 Å². The molecule has 0 aliphatic carbocycles. The largest absolute Gasteiger partial charge is 0.459 e. The van der Waals surface area contributed by atoms with Gasteiger partial charge in [0, 0.05) is 25.4 Å². The Bertz CT molecular complexity index is 2530. The van der Waals surface area contributed by atoms with Crippen LogP contribution >= 0.6 is 0 Å². The topological polar surface area (TPSA) is 192 Å². The Labute approximate surface area is 434 Å². The van der Waals surface area contributed by atoms with Gasteiger partial charge in [-0.2, -0.15) is 0 Å². The van der Waals surface area contributed by atoms with Crippen LogP contribution in [0, 0.1) is 0 Å². The van der Waals surface area contributed by atoms with Crippen molar-refractivity contribution < 1.29 is 61.4 Å². The summed E-state index contributed by atoms with van der Waals surface area (Å²) in [6, 6.07) is 47.5. The van der Waals surface area contributed by atoms with Gasteiger partial charge in [0.1, 0.15) is 48.4 Å². The number of methoxy groups -OCH3 is 1. The lowest BCUT2D eigenvalue weighted by atomic mass is 9.95. The van der Waals surface area contributed by atoms with Crippen molar-refractivity contribution in [2.24, 2.45) is 5.11 Å². The molecule has 2 aliphatic heterocycles. The van der Waals surface area contributed by atoms with E-state index in [-0.39, 0.29) is 51.7 Å². The van der Waals surface area contributed by atoms with Gasteiger partial charge in [-0.25, -0.2) is 0 Å². The maximum Gasteiger partial charge on any atom is 0.306 e. The van der Waals surface area contributed by atoms with Crippen molar-refractivity contribution in [2.75, 3.05) is 20.3 Å². The number of nitrogens with zero attached hydrogens (tertiary/aromatic N) is 3. The number of esters is 2. The molecular formula is C57H67N3O13Si. The number of Topliss-reactive ketones (excluding diaryl/α,β-unsaturated/α-hetero) is 1. The minimum atomic E-state index is -3.31. The van der Waals surface area contributed by atoms with Crippen molar-refractivity contribution in [1.29, 1.82) is 0 Å². The predicted octanol–water partition coefficient (Wildman–Crippen LogP) is 8.32. The summed E-state index contributed by atoms with van der Waals surface area (Å²) in [4.78, 5) is 42.6. The summed E-state index contributed by atoms with van der Waals surface area (Å²) in [6.07, 6.45) is -11.4. The first-order chi connectivity index (χ1) is 35.8. The van der Waals surface area contributed by atoms with Crippen LogP contribution < -0.4 is 10.4 Å². The van der Waals surface area contributed by atoms with E-state index in [2.05, 4.69) is 55.1 Å². The highest BCUT2D eigenvalue weighted by atomic mass is 28.4. The monoisotopic (exact) mass is 1030 g/mol. The SMILES string of the molecule is CO[C@@H]1O[C@H](CO[Si](c2ccccc2)(c2ccccc2)C(C)(C)C)[C@@H](O[C@@H]2O[C@H](COCc3ccccc3)[C@@H](OCc3ccccc3)[C@H](OCc3ccccc3)[C@H]2OC(C)=O)[C@H](OC(=O)CCC(C)=O)[C@H]1N=[N+]=[N-]. The molecule has 2 saturated heterocycles. The van der Waals surface area contributed by atoms with E-state index in [0.717, 1.165) is 27.1 Å². The summed E-state index contributed by atoms with van der Waals surface area (Å²) in [6.45, 7) is 9.27. The Balaban J connectivity index is 1.35. The fraction of sp³-hybridized carbons (Fsp3) is 0.421. The Morgan fingerprint density at radius 3 is 1.57 bits per heavy atom. The number of ketones is 1. The third-order valence-corrected chi connectivity index (χ3v) is 18.0. The Morgan fingerprint density at radius 2 is 1.08 bits per heavy atom. The van der Waals surface area contributed by atoms with Crippen LogP contribution in [-0.2, 0) is 81.3 Å². The molecule has 0 bridgehead atoms. The molecule has 0 radical (unpaired) electrons. The molecule has 0 aromatic heterocycles. The highest BCUT2D eigenvalue weighted by Gasteiger charge is 2.57. The van der Waals surface area contributed by atoms with Crippen molar-refractivity contribution in [1.82, 2.24) is 0 Å². The lowest BCUT2D eigenvalue weighted by molar-refractivity contribution is -0.355. The van der Waals surface area contributed by atoms with Crippen LogP contribution in [0.15, 0.2) is 157 Å². The predicted molar refractivity (Wildman–Crippen MR) is 277 cm³/mol. The Hall–Kier alpha value is -6.08. The normalized spacial score (nSPS) is 24.0. The molecule has 0 amide bonds. The third kappa shape index (κ3) is 14.4. The van der Waals surface area contributed by atoms with Crippen LogP contribution in [0.25, 0.3) is 10.4 Å². The zero-order valence-electron chi connectivity index (χ0n) is 42.8. The molecule has 0 saturated carbocycles. The standard InChI is InChI=1S/C57H67N3O13Si/c1-39(61)32-33-48(63)72-52-49(59-60-58)55(64-6)70-47(38-68-74(57(3,4)5,44-28-18-10-19-29-44)45-30-20-11-21-31-45)51(52)73-56-54(69-40(2)62)53(67-36-43-26-16-9-17-27-43)50(66-35-42-24-14-8-15-25-42)46(71-56)37-65-34-41-22-12-7-13-23-41/h7-31,46-47,49-56H,32-38H2,1-6H3/t46-,47-,49-,50-,51-,52-,53+,54-,55-,56+/m1/s1. The minimum absolute atomic E-state index is 0.0374. The first kappa shape index (κ1) is 55.7. The molecule has 17 heteroatoms. The highest BCUT2D eigenvalue weighted by Crippen LogP contribution is 2.40. The Morgan fingerprint density at radius 1 is 0.595 bits per heavy atom. The summed E-state index contributed by atoms with van der Waals surface area (Å²) in [5, 5.41) is 5.55. The number of hydrogen-bond acceptors (Lipinski definition) is 14. The minimum Gasteiger partial charge on any atom is -0.459 e. The van der Waals surface area contributed by atoms with Crippen LogP contribution in [0.3, 0.4) is 0 Å². The molecular weight excluding hydrogens is 963 g/mol. The van der Waals surface area contributed by atoms with Gasteiger partial charge in [-0.3, -0.25) is 9.59 Å². The Kier molecular flexibility index (Phi) is 20.3. The summed E-state index contributed by atoms with van der Waals surface area (Å²) < 4.78 is 66.6. The van der Waals surface area contributed by atoms with Crippen LogP contribution in [0.2, 0.25) is 5.04 Å². The number of carbonyl (C=O) groups excluding carboxylic acids is 3. The molecule has 7 rings (SSSR count). The number of hydrogen-bond donors (Lipinski definition) is 0. The summed E-state index contributed by atoms with van der Waals surface area (Å²) >= 11 is 0. The molecule has 0 unspecified atom stereocenters. The van der Waals surface area contributed by atoms with Crippen LogP contribution in [-0.4, -0.2) is 108 Å². The van der Waals surface area contributed by atoms with Gasteiger partial charge in [0.25, 0.3) is 8.32 Å². The molecule has 0 spiro atoms. The van der Waals surface area contributed by atoms with Gasteiger partial charge >= 0.3 is 11.9 Å². The zero-order valence-corrected chi connectivity index (χ0v) is 43.8. The van der Waals surface area contributed by atoms with Gasteiger partial charge in [-0.15, -0.1) is 0 Å². The van der Waals surface area contributed by atoms with Crippen LogP contribution in [0.1, 0.15) is 64.2 Å². The summed E-state index contributed by atoms with van der Waals surface area (Å²) in [7, 11) is -1.93. The van der Waals surface area contributed by atoms with Crippen molar-refractivity contribution in [2.45, 2.75) is 134 Å². The second kappa shape index (κ2) is 26.9.